The van der Waals surface area contributed by atoms with Crippen molar-refractivity contribution in [3.63, 3.8) is 0 Å². The maximum absolute atomic E-state index is 6.22. The summed E-state index contributed by atoms with van der Waals surface area (Å²) in [7, 11) is 0. The molecule has 0 fully saturated rings. The molecular formula is C49H62N2O2. The van der Waals surface area contributed by atoms with Gasteiger partial charge < -0.3 is 18.3 Å². The van der Waals surface area contributed by atoms with Crippen LogP contribution >= 0.6 is 0 Å². The molecule has 280 valence electrons. The van der Waals surface area contributed by atoms with E-state index in [2.05, 4.69) is 140 Å². The highest BCUT2D eigenvalue weighted by atomic mass is 16.5. The molecule has 4 heteroatoms. The fourth-order valence-corrected chi connectivity index (χ4v) is 7.36. The Morgan fingerprint density at radius 2 is 1.66 bits per heavy atom. The quantitative estimate of drug-likeness (QED) is 0.0585. The number of hydrogen-bond donors (Lipinski definition) is 0. The summed E-state index contributed by atoms with van der Waals surface area (Å²) >= 11 is 0. The molecule has 0 aliphatic carbocycles. The SMILES string of the molecule is C=C/C=C\c1c(C)oc(=C)/c1=C\C(CC)n1c(C)c(CCC=C)c2ccc3c(C)c(/C=C/CCC)n(C(C)/C=C\C(=C)O/C(C=C)=C(\C)C(C)C)c3c21. The first kappa shape index (κ1) is 40.8. The third-order valence-electron chi connectivity index (χ3n) is 10.5. The smallest absolute Gasteiger partial charge is 0.127 e. The molecule has 2 atom stereocenters. The lowest BCUT2D eigenvalue weighted by atomic mass is 10.0. The molecule has 4 rings (SSSR count). The van der Waals surface area contributed by atoms with E-state index in [0.717, 1.165) is 60.0 Å². The van der Waals surface area contributed by atoms with E-state index in [1.54, 1.807) is 12.2 Å². The van der Waals surface area contributed by atoms with Crippen molar-refractivity contribution in [2.24, 2.45) is 5.92 Å². The number of nitrogens with zero attached hydrogens (tertiary/aromatic N) is 2. The lowest BCUT2D eigenvalue weighted by Gasteiger charge is -2.21. The molecule has 0 saturated heterocycles. The molecule has 0 N–H and O–H groups in total. The second-order valence-corrected chi connectivity index (χ2v) is 14.4. The molecule has 4 nitrogen and oxygen atoms in total. The van der Waals surface area contributed by atoms with Crippen molar-refractivity contribution < 1.29 is 9.15 Å². The lowest BCUT2D eigenvalue weighted by molar-refractivity contribution is 0.328. The van der Waals surface area contributed by atoms with Gasteiger partial charge in [-0.3, -0.25) is 0 Å². The number of aromatic nitrogens is 2. The summed E-state index contributed by atoms with van der Waals surface area (Å²) in [5.74, 6) is 2.55. The summed E-state index contributed by atoms with van der Waals surface area (Å²) in [5, 5.41) is 3.56. The van der Waals surface area contributed by atoms with Gasteiger partial charge in [0.15, 0.2) is 0 Å². The number of rotatable bonds is 18. The molecule has 2 unspecified atom stereocenters. The zero-order valence-corrected chi connectivity index (χ0v) is 33.9. The average molecular weight is 711 g/mol. The average Bonchev–Trinajstić information content (AvgIpc) is 3.69. The van der Waals surface area contributed by atoms with E-state index < -0.39 is 0 Å². The molecule has 3 heterocycles. The van der Waals surface area contributed by atoms with Crippen molar-refractivity contribution >= 4 is 46.6 Å². The Balaban J connectivity index is 2.09. The van der Waals surface area contributed by atoms with E-state index in [-0.39, 0.29) is 12.1 Å². The van der Waals surface area contributed by atoms with Gasteiger partial charge in [0.25, 0.3) is 0 Å². The van der Waals surface area contributed by atoms with Gasteiger partial charge in [-0.2, -0.15) is 0 Å². The summed E-state index contributed by atoms with van der Waals surface area (Å²) in [6.45, 7) is 40.2. The van der Waals surface area contributed by atoms with E-state index in [0.29, 0.717) is 17.1 Å². The largest absolute Gasteiger partial charge is 0.461 e. The van der Waals surface area contributed by atoms with E-state index in [9.17, 15) is 0 Å². The summed E-state index contributed by atoms with van der Waals surface area (Å²) in [6.07, 6.45) is 25.6. The van der Waals surface area contributed by atoms with Crippen molar-refractivity contribution in [2.75, 3.05) is 0 Å². The Morgan fingerprint density at radius 3 is 2.28 bits per heavy atom. The summed E-state index contributed by atoms with van der Waals surface area (Å²) in [4.78, 5) is 0. The van der Waals surface area contributed by atoms with Crippen molar-refractivity contribution in [2.45, 2.75) is 107 Å². The van der Waals surface area contributed by atoms with Gasteiger partial charge >= 0.3 is 0 Å². The Hall–Kier alpha value is -4.96. The van der Waals surface area contributed by atoms with Crippen molar-refractivity contribution in [3.8, 4) is 0 Å². The van der Waals surface area contributed by atoms with Crippen LogP contribution in [0.25, 0.3) is 46.6 Å². The van der Waals surface area contributed by atoms with Gasteiger partial charge in [-0.25, -0.2) is 0 Å². The first-order valence-corrected chi connectivity index (χ1v) is 19.3. The Kier molecular flexibility index (Phi) is 14.0. The molecule has 1 aromatic carbocycles. The highest BCUT2D eigenvalue weighted by molar-refractivity contribution is 6.09. The maximum Gasteiger partial charge on any atom is 0.127 e. The van der Waals surface area contributed by atoms with Gasteiger partial charge in [-0.05, 0) is 101 Å². The number of hydrogen-bond acceptors (Lipinski definition) is 2. The van der Waals surface area contributed by atoms with Gasteiger partial charge in [0.1, 0.15) is 22.7 Å². The minimum Gasteiger partial charge on any atom is -0.461 e. The third kappa shape index (κ3) is 8.49. The molecule has 0 amide bonds. The predicted octanol–water partition coefficient (Wildman–Crippen LogP) is 12.9. The van der Waals surface area contributed by atoms with E-state index >= 15 is 0 Å². The van der Waals surface area contributed by atoms with Crippen LogP contribution < -0.4 is 10.6 Å². The van der Waals surface area contributed by atoms with Gasteiger partial charge in [-0.15, -0.1) is 6.58 Å². The second kappa shape index (κ2) is 18.2. The molecular weight excluding hydrogens is 649 g/mol. The molecule has 3 aromatic heterocycles. The minimum absolute atomic E-state index is 0.0104. The number of furan rings is 1. The van der Waals surface area contributed by atoms with Crippen LogP contribution in [0.2, 0.25) is 0 Å². The van der Waals surface area contributed by atoms with E-state index in [1.165, 1.54) is 44.3 Å². The fraction of sp³-hybridized carbons (Fsp3) is 0.347. The zero-order chi connectivity index (χ0) is 39.0. The van der Waals surface area contributed by atoms with Crippen LogP contribution in [-0.2, 0) is 11.2 Å². The van der Waals surface area contributed by atoms with Crippen LogP contribution in [0.5, 0.6) is 0 Å². The number of ether oxygens (including phenoxy) is 1. The lowest BCUT2D eigenvalue weighted by Crippen LogP contribution is -2.23. The zero-order valence-electron chi connectivity index (χ0n) is 33.9. The molecule has 0 radical (unpaired) electrons. The Bertz CT molecular complexity index is 2230. The van der Waals surface area contributed by atoms with Gasteiger partial charge in [-0.1, -0.05) is 115 Å². The van der Waals surface area contributed by atoms with Crippen LogP contribution in [0.4, 0.5) is 0 Å². The number of fused-ring (bicyclic) bond motifs is 3. The number of benzene rings is 1. The second-order valence-electron chi connectivity index (χ2n) is 14.4. The molecule has 0 aliphatic rings. The molecule has 4 aromatic rings. The molecule has 0 spiro atoms. The minimum atomic E-state index is -0.0104. The molecule has 53 heavy (non-hydrogen) atoms. The standard InChI is InChI=1S/C49H62N2O2/c1-15-20-23-26-46-36(11)41-29-30-44-42(24-21-16-2)37(12)51(40(18-4)31-45-39(14)53-38(13)43(45)25-22-17-3)49(44)48(41)50(46)33(8)27-28-34(9)52-47(19-5)35(10)32(6)7/h16-17,19,22-23,25-33,40H,2-3,5,9,14-15,18,20-21,24H2,1,4,6-8,10-13H3/b25-22-,26-23+,28-27-,45-31+,47-35+. The number of unbranched alkanes of at least 4 members (excludes halogenated alkanes) is 1. The van der Waals surface area contributed by atoms with Crippen molar-refractivity contribution in [3.05, 3.63) is 143 Å². The fourth-order valence-electron chi connectivity index (χ4n) is 7.36. The summed E-state index contributed by atoms with van der Waals surface area (Å²) < 4.78 is 17.4. The molecule has 0 saturated carbocycles. The maximum atomic E-state index is 6.22. The highest BCUT2D eigenvalue weighted by Crippen LogP contribution is 2.41. The predicted molar refractivity (Wildman–Crippen MR) is 232 cm³/mol. The highest BCUT2D eigenvalue weighted by Gasteiger charge is 2.25. The Morgan fingerprint density at radius 1 is 0.962 bits per heavy atom. The molecule has 0 aliphatic heterocycles. The topological polar surface area (TPSA) is 32.2 Å². The first-order chi connectivity index (χ1) is 25.4. The van der Waals surface area contributed by atoms with Crippen LogP contribution in [0.15, 0.2) is 102 Å². The van der Waals surface area contributed by atoms with E-state index in [1.807, 2.05) is 25.2 Å². The van der Waals surface area contributed by atoms with Gasteiger partial charge in [0.05, 0.1) is 17.1 Å². The van der Waals surface area contributed by atoms with Crippen LogP contribution in [0.1, 0.15) is 113 Å². The van der Waals surface area contributed by atoms with Crippen molar-refractivity contribution in [1.29, 1.82) is 0 Å². The van der Waals surface area contributed by atoms with Gasteiger partial charge in [0.2, 0.25) is 0 Å². The summed E-state index contributed by atoms with van der Waals surface area (Å²) in [5.41, 5.74) is 10.5. The van der Waals surface area contributed by atoms with Gasteiger partial charge in [0, 0.05) is 39.0 Å². The normalized spacial score (nSPS) is 14.3. The monoisotopic (exact) mass is 710 g/mol. The molecule has 0 bridgehead atoms. The van der Waals surface area contributed by atoms with Crippen LogP contribution in [0, 0.1) is 26.7 Å². The first-order valence-electron chi connectivity index (χ1n) is 19.3. The van der Waals surface area contributed by atoms with E-state index in [4.69, 9.17) is 9.15 Å². The third-order valence-corrected chi connectivity index (χ3v) is 10.5. The van der Waals surface area contributed by atoms with Crippen LogP contribution in [0.3, 0.4) is 0 Å². The summed E-state index contributed by atoms with van der Waals surface area (Å²) in [6, 6.07) is 4.70. The Labute approximate surface area is 318 Å². The van der Waals surface area contributed by atoms with Crippen LogP contribution in [-0.4, -0.2) is 9.13 Å². The number of aryl methyl sites for hydroxylation is 3. The van der Waals surface area contributed by atoms with Crippen molar-refractivity contribution in [1.82, 2.24) is 9.13 Å². The number of allylic oxidation sites excluding steroid dienone is 8.